The van der Waals surface area contributed by atoms with Crippen LogP contribution in [0.2, 0.25) is 0 Å². The van der Waals surface area contributed by atoms with E-state index in [1.165, 1.54) is 32.2 Å². The average molecular weight is 308 g/mol. The Bertz CT molecular complexity index is 726. The Kier molecular flexibility index (Phi) is 4.35. The second-order valence-electron chi connectivity index (χ2n) is 5.11. The summed E-state index contributed by atoms with van der Waals surface area (Å²) in [6, 6.07) is 3.63. The van der Waals surface area contributed by atoms with Crippen LogP contribution in [-0.4, -0.2) is 35.1 Å². The number of fused-ring (bicyclic) bond motifs is 1. The number of amides is 1. The zero-order valence-electron chi connectivity index (χ0n) is 12.4. The summed E-state index contributed by atoms with van der Waals surface area (Å²) in [5, 5.41) is 12.0. The number of ether oxygens (including phenoxy) is 1. The van der Waals surface area contributed by atoms with Crippen molar-refractivity contribution in [3.63, 3.8) is 0 Å². The quantitative estimate of drug-likeness (QED) is 0.789. The maximum atomic E-state index is 13.8. The molecule has 6 nitrogen and oxygen atoms in total. The van der Waals surface area contributed by atoms with Gasteiger partial charge in [-0.3, -0.25) is 9.59 Å². The van der Waals surface area contributed by atoms with Gasteiger partial charge in [0.2, 0.25) is 0 Å². The van der Waals surface area contributed by atoms with Gasteiger partial charge in [-0.15, -0.1) is 0 Å². The van der Waals surface area contributed by atoms with Crippen LogP contribution in [0.1, 0.15) is 24.3 Å². The van der Waals surface area contributed by atoms with Crippen molar-refractivity contribution in [3.8, 4) is 5.75 Å². The zero-order valence-corrected chi connectivity index (χ0v) is 12.4. The molecule has 1 aromatic carbocycles. The van der Waals surface area contributed by atoms with Gasteiger partial charge >= 0.3 is 5.97 Å². The first-order chi connectivity index (χ1) is 10.3. The average Bonchev–Trinajstić information content (AvgIpc) is 2.92. The topological polar surface area (TPSA) is 91.4 Å². The highest BCUT2D eigenvalue weighted by Crippen LogP contribution is 2.28. The molecule has 2 unspecified atom stereocenters. The highest BCUT2D eigenvalue weighted by molar-refractivity contribution is 6.00. The second kappa shape index (κ2) is 6.05. The Hall–Kier alpha value is -2.57. The minimum Gasteiger partial charge on any atom is -0.496 e. The van der Waals surface area contributed by atoms with Crippen molar-refractivity contribution in [2.45, 2.75) is 19.9 Å². The van der Waals surface area contributed by atoms with Gasteiger partial charge in [0.05, 0.1) is 18.5 Å². The van der Waals surface area contributed by atoms with Gasteiger partial charge in [-0.05, 0) is 32.0 Å². The molecule has 2 aromatic rings. The van der Waals surface area contributed by atoms with Crippen LogP contribution in [0.15, 0.2) is 18.2 Å². The molecule has 3 N–H and O–H groups in total. The fraction of sp³-hybridized carbons (Fsp3) is 0.333. The van der Waals surface area contributed by atoms with Crippen molar-refractivity contribution >= 4 is 22.8 Å². The molecule has 1 heterocycles. The van der Waals surface area contributed by atoms with Gasteiger partial charge in [-0.1, -0.05) is 0 Å². The number of hydrogen-bond acceptors (Lipinski definition) is 3. The van der Waals surface area contributed by atoms with Crippen LogP contribution in [0.5, 0.6) is 5.75 Å². The maximum Gasteiger partial charge on any atom is 0.308 e. The third kappa shape index (κ3) is 2.88. The zero-order chi connectivity index (χ0) is 16.4. The molecule has 1 aromatic heterocycles. The molecule has 1 amide bonds. The molecule has 0 bridgehead atoms. The van der Waals surface area contributed by atoms with Gasteiger partial charge < -0.3 is 20.1 Å². The second-order valence-corrected chi connectivity index (χ2v) is 5.11. The van der Waals surface area contributed by atoms with Gasteiger partial charge in [0, 0.05) is 11.4 Å². The van der Waals surface area contributed by atoms with E-state index in [0.717, 1.165) is 0 Å². The van der Waals surface area contributed by atoms with Gasteiger partial charge in [-0.2, -0.15) is 0 Å². The number of aromatic amines is 1. The van der Waals surface area contributed by atoms with Gasteiger partial charge in [0.1, 0.15) is 17.3 Å². The molecule has 0 fully saturated rings. The first-order valence-electron chi connectivity index (χ1n) is 6.74. The van der Waals surface area contributed by atoms with E-state index in [1.807, 2.05) is 0 Å². The van der Waals surface area contributed by atoms with E-state index in [9.17, 15) is 14.0 Å². The van der Waals surface area contributed by atoms with Crippen molar-refractivity contribution in [2.75, 3.05) is 7.11 Å². The molecular formula is C15H17FN2O4. The maximum absolute atomic E-state index is 13.8. The monoisotopic (exact) mass is 308 g/mol. The van der Waals surface area contributed by atoms with E-state index in [-0.39, 0.29) is 11.2 Å². The number of carboxylic acid groups (broad SMARTS) is 1. The Morgan fingerprint density at radius 3 is 2.64 bits per heavy atom. The summed E-state index contributed by atoms with van der Waals surface area (Å²) >= 11 is 0. The SMILES string of the molecule is COc1ccc(F)c2[nH]c(C(=O)NC(C)C(C)C(=O)O)cc12. The lowest BCUT2D eigenvalue weighted by Gasteiger charge is -2.17. The standard InChI is InChI=1S/C15H17FN2O4/c1-7(15(20)21)8(2)17-14(19)11-6-9-12(22-3)5-4-10(16)13(9)18-11/h4-8,18H,1-3H3,(H,17,19)(H,20,21). The van der Waals surface area contributed by atoms with Crippen LogP contribution in [0, 0.1) is 11.7 Å². The molecule has 0 saturated heterocycles. The van der Waals surface area contributed by atoms with Gasteiger partial charge in [0.15, 0.2) is 0 Å². The van der Waals surface area contributed by atoms with E-state index in [0.29, 0.717) is 11.1 Å². The van der Waals surface area contributed by atoms with Crippen LogP contribution in [0.4, 0.5) is 4.39 Å². The summed E-state index contributed by atoms with van der Waals surface area (Å²) in [6.07, 6.45) is 0. The smallest absolute Gasteiger partial charge is 0.308 e. The third-order valence-electron chi connectivity index (χ3n) is 3.67. The van der Waals surface area contributed by atoms with Gasteiger partial charge in [0.25, 0.3) is 5.91 Å². The van der Waals surface area contributed by atoms with Crippen molar-refractivity contribution in [1.29, 1.82) is 0 Å². The normalized spacial score (nSPS) is 13.6. The number of methoxy groups -OCH3 is 1. The predicted octanol–water partition coefficient (Wildman–Crippen LogP) is 2.15. The lowest BCUT2D eigenvalue weighted by Crippen LogP contribution is -2.40. The van der Waals surface area contributed by atoms with Gasteiger partial charge in [-0.25, -0.2) is 4.39 Å². The first-order valence-corrected chi connectivity index (χ1v) is 6.74. The number of aromatic nitrogens is 1. The highest BCUT2D eigenvalue weighted by atomic mass is 19.1. The first kappa shape index (κ1) is 15.8. The number of rotatable bonds is 5. The molecule has 2 rings (SSSR count). The molecule has 22 heavy (non-hydrogen) atoms. The fourth-order valence-electron chi connectivity index (χ4n) is 2.08. The van der Waals surface area contributed by atoms with Crippen LogP contribution in [0.3, 0.4) is 0 Å². The summed E-state index contributed by atoms with van der Waals surface area (Å²) in [6.45, 7) is 3.10. The molecule has 0 radical (unpaired) electrons. The predicted molar refractivity (Wildman–Crippen MR) is 78.5 cm³/mol. The number of aliphatic carboxylic acids is 1. The van der Waals surface area contributed by atoms with Crippen molar-refractivity contribution in [1.82, 2.24) is 10.3 Å². The number of hydrogen-bond donors (Lipinski definition) is 3. The third-order valence-corrected chi connectivity index (χ3v) is 3.67. The van der Waals surface area contributed by atoms with Crippen LogP contribution >= 0.6 is 0 Å². The van der Waals surface area contributed by atoms with Crippen molar-refractivity contribution in [2.24, 2.45) is 5.92 Å². The molecule has 0 saturated carbocycles. The lowest BCUT2D eigenvalue weighted by molar-refractivity contribution is -0.141. The number of carbonyl (C=O) groups is 2. The molecule has 118 valence electrons. The van der Waals surface area contributed by atoms with Crippen molar-refractivity contribution in [3.05, 3.63) is 29.7 Å². The minimum atomic E-state index is -1.00. The minimum absolute atomic E-state index is 0.142. The number of nitrogens with one attached hydrogen (secondary N) is 2. The van der Waals surface area contributed by atoms with E-state index < -0.39 is 29.7 Å². The molecular weight excluding hydrogens is 291 g/mol. The summed E-state index contributed by atoms with van der Waals surface area (Å²) in [4.78, 5) is 25.8. The largest absolute Gasteiger partial charge is 0.496 e. The molecule has 0 aliphatic heterocycles. The van der Waals surface area contributed by atoms with Crippen molar-refractivity contribution < 1.29 is 23.8 Å². The van der Waals surface area contributed by atoms with E-state index in [2.05, 4.69) is 10.3 Å². The van der Waals surface area contributed by atoms with E-state index in [4.69, 9.17) is 9.84 Å². The van der Waals surface area contributed by atoms with E-state index >= 15 is 0 Å². The Balaban J connectivity index is 2.29. The lowest BCUT2D eigenvalue weighted by atomic mass is 10.0. The van der Waals surface area contributed by atoms with E-state index in [1.54, 1.807) is 6.92 Å². The number of carboxylic acids is 1. The Morgan fingerprint density at radius 1 is 1.36 bits per heavy atom. The Morgan fingerprint density at radius 2 is 2.05 bits per heavy atom. The molecule has 0 spiro atoms. The fourth-order valence-corrected chi connectivity index (χ4v) is 2.08. The Labute approximate surface area is 126 Å². The summed E-state index contributed by atoms with van der Waals surface area (Å²) in [7, 11) is 1.45. The number of halogens is 1. The molecule has 2 atom stereocenters. The number of carbonyl (C=O) groups excluding carboxylic acids is 1. The van der Waals surface area contributed by atoms with Crippen LogP contribution in [0.25, 0.3) is 10.9 Å². The van der Waals surface area contributed by atoms with Crippen LogP contribution in [-0.2, 0) is 4.79 Å². The molecule has 7 heteroatoms. The number of H-pyrrole nitrogens is 1. The summed E-state index contributed by atoms with van der Waals surface area (Å²) in [5.74, 6) is -2.30. The molecule has 0 aliphatic carbocycles. The summed E-state index contributed by atoms with van der Waals surface area (Å²) < 4.78 is 18.9. The number of benzene rings is 1. The van der Waals surface area contributed by atoms with Crippen LogP contribution < -0.4 is 10.1 Å². The summed E-state index contributed by atoms with van der Waals surface area (Å²) in [5.41, 5.74) is 0.311. The highest BCUT2D eigenvalue weighted by Gasteiger charge is 2.22. The molecule has 0 aliphatic rings.